The number of hydrogen-bond donors (Lipinski definition) is 2. The maximum absolute atomic E-state index is 14.3. The van der Waals surface area contributed by atoms with E-state index in [2.05, 4.69) is 10.6 Å². The lowest BCUT2D eigenvalue weighted by atomic mass is 9.91. The minimum atomic E-state index is -4.54. The van der Waals surface area contributed by atoms with E-state index < -0.39 is 42.1 Å². The molecule has 4 nitrogen and oxygen atoms in total. The lowest BCUT2D eigenvalue weighted by molar-refractivity contribution is -0.137. The maximum atomic E-state index is 14.3. The number of anilines is 1. The van der Waals surface area contributed by atoms with Crippen molar-refractivity contribution in [3.8, 4) is 0 Å². The molecule has 1 aromatic heterocycles. The highest BCUT2D eigenvalue weighted by Gasteiger charge is 2.34. The third kappa shape index (κ3) is 5.59. The Balaban J connectivity index is 2.41. The Bertz CT molecular complexity index is 910. The van der Waals surface area contributed by atoms with Crippen LogP contribution in [0.5, 0.6) is 0 Å². The molecule has 0 saturated carbocycles. The standard InChI is InChI=1S/C21H26F5N3O/c1-13-16(18(30)28-15-8-6-7-14(9-15)21(24,25)26)10-17(19(2,3)4)29(13)12-20(22,23)11-27-5/h6-10,27H,11-12H2,1-5H3,(H,28,30). The van der Waals surface area contributed by atoms with E-state index in [1.165, 1.54) is 29.8 Å². The van der Waals surface area contributed by atoms with Gasteiger partial charge in [0.05, 0.1) is 24.2 Å². The highest BCUT2D eigenvalue weighted by atomic mass is 19.4. The Hall–Kier alpha value is -2.42. The fourth-order valence-electron chi connectivity index (χ4n) is 3.22. The first-order valence-corrected chi connectivity index (χ1v) is 9.37. The smallest absolute Gasteiger partial charge is 0.341 e. The largest absolute Gasteiger partial charge is 0.416 e. The molecule has 1 aromatic carbocycles. The van der Waals surface area contributed by atoms with Crippen molar-refractivity contribution < 1.29 is 26.7 Å². The van der Waals surface area contributed by atoms with Crippen LogP contribution in [0.1, 0.15) is 48.1 Å². The van der Waals surface area contributed by atoms with Crippen LogP contribution in [0.15, 0.2) is 30.3 Å². The first kappa shape index (κ1) is 23.9. The summed E-state index contributed by atoms with van der Waals surface area (Å²) in [6, 6.07) is 5.78. The van der Waals surface area contributed by atoms with Crippen LogP contribution in [0.4, 0.5) is 27.6 Å². The molecular weight excluding hydrogens is 405 g/mol. The zero-order chi connectivity index (χ0) is 22.9. The number of aromatic nitrogens is 1. The monoisotopic (exact) mass is 431 g/mol. The number of benzene rings is 1. The molecular formula is C21H26F5N3O. The summed E-state index contributed by atoms with van der Waals surface area (Å²) in [5, 5.41) is 4.89. The van der Waals surface area contributed by atoms with Gasteiger partial charge in [0, 0.05) is 22.5 Å². The molecule has 0 saturated heterocycles. The van der Waals surface area contributed by atoms with Gasteiger partial charge < -0.3 is 15.2 Å². The van der Waals surface area contributed by atoms with E-state index in [9.17, 15) is 26.7 Å². The Kier molecular flexibility index (Phi) is 6.66. The highest BCUT2D eigenvalue weighted by molar-refractivity contribution is 6.05. The van der Waals surface area contributed by atoms with Crippen LogP contribution < -0.4 is 10.6 Å². The van der Waals surface area contributed by atoms with Crippen molar-refractivity contribution in [2.45, 2.75) is 51.8 Å². The quantitative estimate of drug-likeness (QED) is 0.616. The number of carbonyl (C=O) groups is 1. The highest BCUT2D eigenvalue weighted by Crippen LogP contribution is 2.32. The minimum Gasteiger partial charge on any atom is -0.341 e. The molecule has 166 valence electrons. The topological polar surface area (TPSA) is 46.1 Å². The molecule has 0 aliphatic heterocycles. The summed E-state index contributed by atoms with van der Waals surface area (Å²) in [7, 11) is 1.43. The second-order valence-corrected chi connectivity index (χ2v) is 8.28. The first-order chi connectivity index (χ1) is 13.7. The van der Waals surface area contributed by atoms with E-state index in [1.807, 2.05) is 20.8 Å². The zero-order valence-electron chi connectivity index (χ0n) is 17.5. The molecule has 0 atom stereocenters. The predicted octanol–water partition coefficient (Wildman–Crippen LogP) is 5.22. The second kappa shape index (κ2) is 8.37. The van der Waals surface area contributed by atoms with Gasteiger partial charge in [0.15, 0.2) is 0 Å². The van der Waals surface area contributed by atoms with E-state index in [0.717, 1.165) is 12.1 Å². The van der Waals surface area contributed by atoms with Gasteiger partial charge in [0.25, 0.3) is 11.8 Å². The number of amides is 1. The Morgan fingerprint density at radius 1 is 1.07 bits per heavy atom. The van der Waals surface area contributed by atoms with E-state index in [4.69, 9.17) is 0 Å². The summed E-state index contributed by atoms with van der Waals surface area (Å²) in [6.45, 7) is 5.91. The molecule has 2 N–H and O–H groups in total. The molecule has 0 radical (unpaired) electrons. The Morgan fingerprint density at radius 2 is 1.70 bits per heavy atom. The number of alkyl halides is 5. The number of carbonyl (C=O) groups excluding carboxylic acids is 1. The average Bonchev–Trinajstić information content (AvgIpc) is 2.90. The van der Waals surface area contributed by atoms with Crippen molar-refractivity contribution >= 4 is 11.6 Å². The summed E-state index contributed by atoms with van der Waals surface area (Å²) in [5.74, 6) is -3.71. The molecule has 2 aromatic rings. The van der Waals surface area contributed by atoms with E-state index in [-0.39, 0.29) is 11.3 Å². The third-order valence-electron chi connectivity index (χ3n) is 4.65. The van der Waals surface area contributed by atoms with Gasteiger partial charge in [0.2, 0.25) is 0 Å². The number of nitrogens with one attached hydrogen (secondary N) is 2. The Morgan fingerprint density at radius 3 is 2.23 bits per heavy atom. The van der Waals surface area contributed by atoms with Gasteiger partial charge in [0.1, 0.15) is 0 Å². The second-order valence-electron chi connectivity index (χ2n) is 8.28. The van der Waals surface area contributed by atoms with Crippen molar-refractivity contribution in [3.05, 3.63) is 52.8 Å². The van der Waals surface area contributed by atoms with E-state index in [0.29, 0.717) is 11.4 Å². The van der Waals surface area contributed by atoms with Crippen LogP contribution in [0.2, 0.25) is 0 Å². The van der Waals surface area contributed by atoms with Crippen LogP contribution in [-0.4, -0.2) is 30.0 Å². The molecule has 30 heavy (non-hydrogen) atoms. The van der Waals surface area contributed by atoms with Crippen molar-refractivity contribution in [2.24, 2.45) is 0 Å². The molecule has 1 heterocycles. The maximum Gasteiger partial charge on any atom is 0.416 e. The van der Waals surface area contributed by atoms with Crippen LogP contribution in [0.3, 0.4) is 0 Å². The van der Waals surface area contributed by atoms with Gasteiger partial charge in [-0.2, -0.15) is 13.2 Å². The molecule has 0 bridgehead atoms. The van der Waals surface area contributed by atoms with Crippen molar-refractivity contribution in [3.63, 3.8) is 0 Å². The van der Waals surface area contributed by atoms with Gasteiger partial charge >= 0.3 is 6.18 Å². The minimum absolute atomic E-state index is 0.0280. The zero-order valence-corrected chi connectivity index (χ0v) is 17.5. The molecule has 9 heteroatoms. The van der Waals surface area contributed by atoms with E-state index in [1.54, 1.807) is 6.92 Å². The van der Waals surface area contributed by atoms with Gasteiger partial charge in [-0.05, 0) is 38.2 Å². The van der Waals surface area contributed by atoms with Crippen LogP contribution in [-0.2, 0) is 18.1 Å². The van der Waals surface area contributed by atoms with Crippen LogP contribution in [0.25, 0.3) is 0 Å². The summed E-state index contributed by atoms with van der Waals surface area (Å²) in [4.78, 5) is 12.8. The summed E-state index contributed by atoms with van der Waals surface area (Å²) in [6.07, 6.45) is -4.54. The fourth-order valence-corrected chi connectivity index (χ4v) is 3.22. The lowest BCUT2D eigenvalue weighted by Crippen LogP contribution is -2.36. The van der Waals surface area contributed by atoms with Gasteiger partial charge in [-0.15, -0.1) is 0 Å². The first-order valence-electron chi connectivity index (χ1n) is 9.37. The SMILES string of the molecule is CNCC(F)(F)Cn1c(C(C)(C)C)cc(C(=O)Nc2cccc(C(F)(F)F)c2)c1C. The molecule has 2 rings (SSSR count). The van der Waals surface area contributed by atoms with Gasteiger partial charge in [-0.25, -0.2) is 8.78 Å². The normalized spacial score (nSPS) is 12.9. The number of nitrogens with zero attached hydrogens (tertiary/aromatic N) is 1. The van der Waals surface area contributed by atoms with E-state index >= 15 is 0 Å². The van der Waals surface area contributed by atoms with Gasteiger partial charge in [-0.1, -0.05) is 26.8 Å². The van der Waals surface area contributed by atoms with Gasteiger partial charge in [-0.3, -0.25) is 4.79 Å². The average molecular weight is 431 g/mol. The Labute approximate surface area is 172 Å². The number of hydrogen-bond acceptors (Lipinski definition) is 2. The molecule has 0 fully saturated rings. The number of halogens is 5. The molecule has 1 amide bonds. The van der Waals surface area contributed by atoms with Crippen molar-refractivity contribution in [1.29, 1.82) is 0 Å². The van der Waals surface area contributed by atoms with Crippen LogP contribution >= 0.6 is 0 Å². The molecule has 0 spiro atoms. The molecule has 0 aliphatic carbocycles. The van der Waals surface area contributed by atoms with Crippen LogP contribution in [0, 0.1) is 6.92 Å². The number of rotatable bonds is 6. The fraction of sp³-hybridized carbons (Fsp3) is 0.476. The summed E-state index contributed by atoms with van der Waals surface area (Å²) >= 11 is 0. The molecule has 0 unspecified atom stereocenters. The predicted molar refractivity (Wildman–Crippen MR) is 106 cm³/mol. The molecule has 0 aliphatic rings. The lowest BCUT2D eigenvalue weighted by Gasteiger charge is -2.25. The van der Waals surface area contributed by atoms with Crippen molar-refractivity contribution in [1.82, 2.24) is 9.88 Å². The summed E-state index contributed by atoms with van der Waals surface area (Å²) in [5.41, 5.74) is -0.464. The summed E-state index contributed by atoms with van der Waals surface area (Å²) < 4.78 is 68.7. The third-order valence-corrected chi connectivity index (χ3v) is 4.65. The van der Waals surface area contributed by atoms with Crippen molar-refractivity contribution in [2.75, 3.05) is 18.9 Å².